The van der Waals surface area contributed by atoms with Gasteiger partial charge in [0.15, 0.2) is 0 Å². The standard InChI is InChI=1S/C14H22N2O2/c1-9(2)13(8-17)16-14(18)10(3)11-5-4-6-12(15)7-11/h4-7,9-10,13,17H,8,15H2,1-3H3,(H,16,18). The molecular formula is C14H22N2O2. The number of amides is 1. The van der Waals surface area contributed by atoms with Crippen LogP contribution in [0.3, 0.4) is 0 Å². The first-order chi connectivity index (χ1) is 8.45. The fraction of sp³-hybridized carbons (Fsp3) is 0.500. The van der Waals surface area contributed by atoms with E-state index < -0.39 is 0 Å². The monoisotopic (exact) mass is 250 g/mol. The zero-order chi connectivity index (χ0) is 13.7. The molecule has 0 bridgehead atoms. The summed E-state index contributed by atoms with van der Waals surface area (Å²) in [4.78, 5) is 12.1. The number of hydrogen-bond donors (Lipinski definition) is 3. The average molecular weight is 250 g/mol. The number of nitrogens with two attached hydrogens (primary N) is 1. The molecule has 1 aromatic carbocycles. The number of rotatable bonds is 5. The molecule has 0 aliphatic rings. The lowest BCUT2D eigenvalue weighted by atomic mass is 9.98. The molecule has 0 fully saturated rings. The maximum atomic E-state index is 12.1. The molecule has 4 heteroatoms. The fourth-order valence-electron chi connectivity index (χ4n) is 1.71. The molecule has 4 N–H and O–H groups in total. The quantitative estimate of drug-likeness (QED) is 0.693. The SMILES string of the molecule is CC(C(=O)NC(CO)C(C)C)c1cccc(N)c1. The molecule has 100 valence electrons. The minimum Gasteiger partial charge on any atom is -0.399 e. The molecule has 4 nitrogen and oxygen atoms in total. The number of aliphatic hydroxyl groups is 1. The average Bonchev–Trinajstić information content (AvgIpc) is 2.34. The van der Waals surface area contributed by atoms with Crippen LogP contribution in [0.5, 0.6) is 0 Å². The van der Waals surface area contributed by atoms with Crippen molar-refractivity contribution in [3.8, 4) is 0 Å². The van der Waals surface area contributed by atoms with E-state index in [0.29, 0.717) is 5.69 Å². The summed E-state index contributed by atoms with van der Waals surface area (Å²) >= 11 is 0. The molecule has 0 aliphatic heterocycles. The Morgan fingerprint density at radius 1 is 1.39 bits per heavy atom. The summed E-state index contributed by atoms with van der Waals surface area (Å²) in [6.07, 6.45) is 0. The van der Waals surface area contributed by atoms with Gasteiger partial charge in [-0.25, -0.2) is 0 Å². The van der Waals surface area contributed by atoms with Gasteiger partial charge in [-0.1, -0.05) is 26.0 Å². The van der Waals surface area contributed by atoms with E-state index in [-0.39, 0.29) is 30.4 Å². The number of nitrogens with one attached hydrogen (secondary N) is 1. The number of aliphatic hydroxyl groups excluding tert-OH is 1. The maximum absolute atomic E-state index is 12.1. The Hall–Kier alpha value is -1.55. The van der Waals surface area contributed by atoms with Crippen molar-refractivity contribution >= 4 is 11.6 Å². The van der Waals surface area contributed by atoms with E-state index in [2.05, 4.69) is 5.32 Å². The zero-order valence-corrected chi connectivity index (χ0v) is 11.2. The lowest BCUT2D eigenvalue weighted by Gasteiger charge is -2.22. The predicted octanol–water partition coefficient (Wildman–Crippen LogP) is 1.51. The van der Waals surface area contributed by atoms with Crippen LogP contribution in [0.4, 0.5) is 5.69 Å². The van der Waals surface area contributed by atoms with Crippen molar-refractivity contribution in [2.45, 2.75) is 32.7 Å². The number of anilines is 1. The van der Waals surface area contributed by atoms with Gasteiger partial charge in [0.05, 0.1) is 18.6 Å². The summed E-state index contributed by atoms with van der Waals surface area (Å²) in [7, 11) is 0. The lowest BCUT2D eigenvalue weighted by molar-refractivity contribution is -0.123. The first kappa shape index (κ1) is 14.5. The molecule has 0 aromatic heterocycles. The number of benzene rings is 1. The molecule has 0 saturated heterocycles. The molecule has 2 atom stereocenters. The molecule has 2 unspecified atom stereocenters. The Morgan fingerprint density at radius 3 is 2.56 bits per heavy atom. The fourth-order valence-corrected chi connectivity index (χ4v) is 1.71. The minimum atomic E-state index is -0.277. The van der Waals surface area contributed by atoms with Gasteiger partial charge in [-0.15, -0.1) is 0 Å². The van der Waals surface area contributed by atoms with Crippen LogP contribution >= 0.6 is 0 Å². The van der Waals surface area contributed by atoms with Gasteiger partial charge >= 0.3 is 0 Å². The molecule has 1 amide bonds. The lowest BCUT2D eigenvalue weighted by Crippen LogP contribution is -2.42. The zero-order valence-electron chi connectivity index (χ0n) is 11.2. The minimum absolute atomic E-state index is 0.0486. The summed E-state index contributed by atoms with van der Waals surface area (Å²) in [5, 5.41) is 12.1. The van der Waals surface area contributed by atoms with E-state index in [0.717, 1.165) is 5.56 Å². The third-order valence-corrected chi connectivity index (χ3v) is 3.13. The predicted molar refractivity (Wildman–Crippen MR) is 73.1 cm³/mol. The van der Waals surface area contributed by atoms with Crippen LogP contribution in [0.15, 0.2) is 24.3 Å². The van der Waals surface area contributed by atoms with E-state index in [1.54, 1.807) is 12.1 Å². The van der Waals surface area contributed by atoms with Gasteiger partial charge in [-0.3, -0.25) is 4.79 Å². The van der Waals surface area contributed by atoms with Crippen LogP contribution in [0, 0.1) is 5.92 Å². The van der Waals surface area contributed by atoms with Crippen molar-refractivity contribution in [2.75, 3.05) is 12.3 Å². The van der Waals surface area contributed by atoms with Crippen LogP contribution in [0.25, 0.3) is 0 Å². The summed E-state index contributed by atoms with van der Waals surface area (Å²) < 4.78 is 0. The Kier molecular flexibility index (Phi) is 5.16. The molecule has 0 saturated carbocycles. The van der Waals surface area contributed by atoms with Gasteiger partial charge in [0.2, 0.25) is 5.91 Å². The highest BCUT2D eigenvalue weighted by atomic mass is 16.3. The molecule has 0 spiro atoms. The van der Waals surface area contributed by atoms with Crippen molar-refractivity contribution in [3.63, 3.8) is 0 Å². The van der Waals surface area contributed by atoms with Gasteiger partial charge in [-0.2, -0.15) is 0 Å². The molecule has 0 aliphatic carbocycles. The molecule has 1 rings (SSSR count). The second-order valence-corrected chi connectivity index (χ2v) is 4.93. The van der Waals surface area contributed by atoms with Crippen molar-refractivity contribution in [1.82, 2.24) is 5.32 Å². The molecule has 0 radical (unpaired) electrons. The maximum Gasteiger partial charge on any atom is 0.227 e. The van der Waals surface area contributed by atoms with Crippen molar-refractivity contribution in [1.29, 1.82) is 0 Å². The van der Waals surface area contributed by atoms with Crippen LogP contribution in [-0.4, -0.2) is 23.7 Å². The van der Waals surface area contributed by atoms with Crippen molar-refractivity contribution in [2.24, 2.45) is 5.92 Å². The number of hydrogen-bond acceptors (Lipinski definition) is 3. The van der Waals surface area contributed by atoms with E-state index >= 15 is 0 Å². The Balaban J connectivity index is 2.72. The molecule has 1 aromatic rings. The van der Waals surface area contributed by atoms with E-state index in [1.165, 1.54) is 0 Å². The topological polar surface area (TPSA) is 75.3 Å². The van der Waals surface area contributed by atoms with Gasteiger partial charge in [0, 0.05) is 5.69 Å². The highest BCUT2D eigenvalue weighted by molar-refractivity contribution is 5.83. The normalized spacial score (nSPS) is 14.3. The number of carbonyl (C=O) groups is 1. The van der Waals surface area contributed by atoms with Crippen molar-refractivity contribution in [3.05, 3.63) is 29.8 Å². The summed E-state index contributed by atoms with van der Waals surface area (Å²) in [5.74, 6) is -0.165. The molecular weight excluding hydrogens is 228 g/mol. The van der Waals surface area contributed by atoms with E-state index in [9.17, 15) is 9.90 Å². The molecule has 18 heavy (non-hydrogen) atoms. The molecule has 0 heterocycles. The number of carbonyl (C=O) groups excluding carboxylic acids is 1. The van der Waals surface area contributed by atoms with Gasteiger partial charge in [-0.05, 0) is 30.5 Å². The second kappa shape index (κ2) is 6.40. The van der Waals surface area contributed by atoms with E-state index in [4.69, 9.17) is 5.73 Å². The Bertz CT molecular complexity index is 405. The largest absolute Gasteiger partial charge is 0.399 e. The highest BCUT2D eigenvalue weighted by Gasteiger charge is 2.20. The van der Waals surface area contributed by atoms with Crippen LogP contribution < -0.4 is 11.1 Å². The summed E-state index contributed by atoms with van der Waals surface area (Å²) in [5.41, 5.74) is 7.23. The Labute approximate surface area is 108 Å². The van der Waals surface area contributed by atoms with Crippen LogP contribution in [-0.2, 0) is 4.79 Å². The smallest absolute Gasteiger partial charge is 0.227 e. The van der Waals surface area contributed by atoms with Crippen LogP contribution in [0.1, 0.15) is 32.3 Å². The number of nitrogen functional groups attached to an aromatic ring is 1. The first-order valence-electron chi connectivity index (χ1n) is 6.22. The second-order valence-electron chi connectivity index (χ2n) is 4.93. The summed E-state index contributed by atoms with van der Waals surface area (Å²) in [6, 6.07) is 7.09. The van der Waals surface area contributed by atoms with Gasteiger partial charge in [0.25, 0.3) is 0 Å². The van der Waals surface area contributed by atoms with Crippen molar-refractivity contribution < 1.29 is 9.90 Å². The van der Waals surface area contributed by atoms with E-state index in [1.807, 2.05) is 32.9 Å². The van der Waals surface area contributed by atoms with Gasteiger partial charge in [0.1, 0.15) is 0 Å². The third-order valence-electron chi connectivity index (χ3n) is 3.13. The highest BCUT2D eigenvalue weighted by Crippen LogP contribution is 2.18. The Morgan fingerprint density at radius 2 is 2.06 bits per heavy atom. The first-order valence-corrected chi connectivity index (χ1v) is 6.22. The van der Waals surface area contributed by atoms with Gasteiger partial charge < -0.3 is 16.2 Å². The van der Waals surface area contributed by atoms with Crippen LogP contribution in [0.2, 0.25) is 0 Å². The third kappa shape index (κ3) is 3.74. The summed E-state index contributed by atoms with van der Waals surface area (Å²) in [6.45, 7) is 5.71.